The highest BCUT2D eigenvalue weighted by atomic mass is 16.1. The first-order valence-electron chi connectivity index (χ1n) is 6.53. The first-order valence-corrected chi connectivity index (χ1v) is 6.53. The van der Waals surface area contributed by atoms with Crippen molar-refractivity contribution in [1.82, 2.24) is 15.3 Å². The van der Waals surface area contributed by atoms with Crippen molar-refractivity contribution in [2.45, 2.75) is 26.7 Å². The quantitative estimate of drug-likeness (QED) is 0.796. The van der Waals surface area contributed by atoms with Gasteiger partial charge in [-0.05, 0) is 6.42 Å². The Morgan fingerprint density at radius 1 is 1.53 bits per heavy atom. The molecule has 3 N–H and O–H groups in total. The van der Waals surface area contributed by atoms with Crippen molar-refractivity contribution in [2.75, 3.05) is 31.3 Å². The largest absolute Gasteiger partial charge is 0.383 e. The summed E-state index contributed by atoms with van der Waals surface area (Å²) in [5.74, 6) is 1.24. The van der Waals surface area contributed by atoms with E-state index in [4.69, 9.17) is 5.73 Å². The molecule has 0 saturated carbocycles. The number of hydrogen-bond donors (Lipinski definition) is 2. The third-order valence-electron chi connectivity index (χ3n) is 3.06. The Morgan fingerprint density at radius 3 is 2.79 bits per heavy atom. The summed E-state index contributed by atoms with van der Waals surface area (Å²) in [5, 5.41) is 2.65. The van der Waals surface area contributed by atoms with E-state index in [-0.39, 0.29) is 11.8 Å². The van der Waals surface area contributed by atoms with Gasteiger partial charge in [0.1, 0.15) is 18.0 Å². The van der Waals surface area contributed by atoms with Gasteiger partial charge >= 0.3 is 0 Å². The van der Waals surface area contributed by atoms with Crippen molar-refractivity contribution >= 4 is 17.5 Å². The summed E-state index contributed by atoms with van der Waals surface area (Å²) in [5.41, 5.74) is 6.86. The lowest BCUT2D eigenvalue weighted by atomic mass is 10.1. The molecule has 0 saturated heterocycles. The van der Waals surface area contributed by atoms with Crippen molar-refractivity contribution < 1.29 is 4.79 Å². The smallest absolute Gasteiger partial charge is 0.224 e. The van der Waals surface area contributed by atoms with Gasteiger partial charge < -0.3 is 16.0 Å². The number of rotatable bonds is 6. The predicted octanol–water partition coefficient (Wildman–Crippen LogP) is 0.830. The molecule has 1 amide bonds. The second kappa shape index (κ2) is 6.92. The van der Waals surface area contributed by atoms with Gasteiger partial charge in [0.15, 0.2) is 0 Å². The Kier molecular flexibility index (Phi) is 5.54. The molecule has 0 radical (unpaired) electrons. The molecule has 0 aliphatic rings. The van der Waals surface area contributed by atoms with Crippen LogP contribution >= 0.6 is 0 Å². The van der Waals surface area contributed by atoms with Gasteiger partial charge in [-0.2, -0.15) is 0 Å². The maximum atomic E-state index is 11.6. The minimum absolute atomic E-state index is 0.0194. The van der Waals surface area contributed by atoms with Gasteiger partial charge in [0.25, 0.3) is 0 Å². The lowest BCUT2D eigenvalue weighted by Crippen LogP contribution is -2.35. The summed E-state index contributed by atoms with van der Waals surface area (Å²) in [6.07, 6.45) is 3.27. The zero-order valence-corrected chi connectivity index (χ0v) is 12.1. The van der Waals surface area contributed by atoms with Gasteiger partial charge in [0, 0.05) is 26.2 Å². The summed E-state index contributed by atoms with van der Waals surface area (Å²) < 4.78 is 0. The van der Waals surface area contributed by atoms with Crippen LogP contribution in [0.15, 0.2) is 6.33 Å². The van der Waals surface area contributed by atoms with Gasteiger partial charge in [-0.3, -0.25) is 4.79 Å². The number of amides is 1. The van der Waals surface area contributed by atoms with E-state index >= 15 is 0 Å². The first-order chi connectivity index (χ1) is 9.01. The van der Waals surface area contributed by atoms with Crippen LogP contribution in [0.25, 0.3) is 0 Å². The Morgan fingerprint density at radius 2 is 2.21 bits per heavy atom. The van der Waals surface area contributed by atoms with E-state index < -0.39 is 0 Å². The standard InChI is InChI=1S/C13H23N5O/c1-5-6-10-11(14)16-8-17-12(10)18(4)7-9(2)13(19)15-3/h8-9H,5-7H2,1-4H3,(H,15,19)(H2,14,16,17). The molecular weight excluding hydrogens is 242 g/mol. The molecule has 0 aliphatic heterocycles. The Labute approximate surface area is 114 Å². The second-order valence-electron chi connectivity index (χ2n) is 4.71. The highest BCUT2D eigenvalue weighted by Gasteiger charge is 2.18. The number of nitrogens with two attached hydrogens (primary N) is 1. The molecule has 1 rings (SSSR count). The van der Waals surface area contributed by atoms with Crippen molar-refractivity contribution in [3.05, 3.63) is 11.9 Å². The first kappa shape index (κ1) is 15.2. The second-order valence-corrected chi connectivity index (χ2v) is 4.71. The summed E-state index contributed by atoms with van der Waals surface area (Å²) in [6, 6.07) is 0. The zero-order chi connectivity index (χ0) is 14.4. The van der Waals surface area contributed by atoms with Crippen molar-refractivity contribution in [3.63, 3.8) is 0 Å². The van der Waals surface area contributed by atoms with E-state index in [1.165, 1.54) is 6.33 Å². The van der Waals surface area contributed by atoms with E-state index in [0.717, 1.165) is 24.2 Å². The summed E-state index contributed by atoms with van der Waals surface area (Å²) in [6.45, 7) is 4.57. The van der Waals surface area contributed by atoms with Crippen LogP contribution in [0.1, 0.15) is 25.8 Å². The van der Waals surface area contributed by atoms with E-state index in [9.17, 15) is 4.79 Å². The molecule has 0 fully saturated rings. The maximum Gasteiger partial charge on any atom is 0.224 e. The number of nitrogens with one attached hydrogen (secondary N) is 1. The molecule has 0 spiro atoms. The average molecular weight is 265 g/mol. The number of nitrogens with zero attached hydrogens (tertiary/aromatic N) is 3. The summed E-state index contributed by atoms with van der Waals surface area (Å²) >= 11 is 0. The zero-order valence-electron chi connectivity index (χ0n) is 12.1. The van der Waals surface area contributed by atoms with Crippen LogP contribution in [0.5, 0.6) is 0 Å². The number of carbonyl (C=O) groups excluding carboxylic acids is 1. The molecule has 0 aliphatic carbocycles. The molecule has 1 aromatic heterocycles. The third-order valence-corrected chi connectivity index (χ3v) is 3.06. The Bertz CT molecular complexity index is 435. The minimum atomic E-state index is -0.110. The molecule has 106 valence electrons. The molecular formula is C13H23N5O. The molecule has 1 unspecified atom stereocenters. The molecule has 6 nitrogen and oxygen atoms in total. The molecule has 0 aromatic carbocycles. The molecule has 19 heavy (non-hydrogen) atoms. The number of nitrogen functional groups attached to an aromatic ring is 1. The fourth-order valence-electron chi connectivity index (χ4n) is 2.06. The van der Waals surface area contributed by atoms with Crippen LogP contribution in [0, 0.1) is 5.92 Å². The summed E-state index contributed by atoms with van der Waals surface area (Å²) in [4.78, 5) is 21.9. The maximum absolute atomic E-state index is 11.6. The van der Waals surface area contributed by atoms with Crippen LogP contribution in [0.2, 0.25) is 0 Å². The molecule has 1 atom stereocenters. The van der Waals surface area contributed by atoms with Crippen molar-refractivity contribution in [3.8, 4) is 0 Å². The van der Waals surface area contributed by atoms with Crippen LogP contribution in [0.4, 0.5) is 11.6 Å². The Balaban J connectivity index is 2.90. The third kappa shape index (κ3) is 3.81. The highest BCUT2D eigenvalue weighted by Crippen LogP contribution is 2.22. The van der Waals surface area contributed by atoms with Gasteiger partial charge in [-0.15, -0.1) is 0 Å². The van der Waals surface area contributed by atoms with E-state index in [1.54, 1.807) is 7.05 Å². The molecule has 1 aromatic rings. The molecule has 6 heteroatoms. The molecule has 1 heterocycles. The lowest BCUT2D eigenvalue weighted by Gasteiger charge is -2.24. The van der Waals surface area contributed by atoms with Crippen molar-refractivity contribution in [2.24, 2.45) is 5.92 Å². The van der Waals surface area contributed by atoms with Gasteiger partial charge in [-0.1, -0.05) is 20.3 Å². The fraction of sp³-hybridized carbons (Fsp3) is 0.615. The number of anilines is 2. The minimum Gasteiger partial charge on any atom is -0.383 e. The normalized spacial score (nSPS) is 12.0. The number of hydrogen-bond acceptors (Lipinski definition) is 5. The van der Waals surface area contributed by atoms with E-state index in [1.807, 2.05) is 18.9 Å². The lowest BCUT2D eigenvalue weighted by molar-refractivity contribution is -0.123. The van der Waals surface area contributed by atoms with E-state index in [0.29, 0.717) is 12.4 Å². The van der Waals surface area contributed by atoms with Gasteiger partial charge in [-0.25, -0.2) is 9.97 Å². The van der Waals surface area contributed by atoms with Gasteiger partial charge in [0.2, 0.25) is 5.91 Å². The molecule has 0 bridgehead atoms. The van der Waals surface area contributed by atoms with Crippen LogP contribution in [-0.4, -0.2) is 36.5 Å². The van der Waals surface area contributed by atoms with Crippen LogP contribution < -0.4 is 16.0 Å². The monoisotopic (exact) mass is 265 g/mol. The predicted molar refractivity (Wildman–Crippen MR) is 76.9 cm³/mol. The topological polar surface area (TPSA) is 84.1 Å². The number of carbonyl (C=O) groups is 1. The van der Waals surface area contributed by atoms with Crippen LogP contribution in [0.3, 0.4) is 0 Å². The average Bonchev–Trinajstić information content (AvgIpc) is 2.40. The van der Waals surface area contributed by atoms with Crippen molar-refractivity contribution in [1.29, 1.82) is 0 Å². The van der Waals surface area contributed by atoms with Crippen LogP contribution in [-0.2, 0) is 11.2 Å². The SMILES string of the molecule is CCCc1c(N)ncnc1N(C)CC(C)C(=O)NC. The van der Waals surface area contributed by atoms with Gasteiger partial charge in [0.05, 0.1) is 5.92 Å². The highest BCUT2D eigenvalue weighted by molar-refractivity contribution is 5.78. The van der Waals surface area contributed by atoms with E-state index in [2.05, 4.69) is 22.2 Å². The number of aromatic nitrogens is 2. The Hall–Kier alpha value is -1.85. The summed E-state index contributed by atoms with van der Waals surface area (Å²) in [7, 11) is 3.56. The fourth-order valence-corrected chi connectivity index (χ4v) is 2.06.